The second-order valence-corrected chi connectivity index (χ2v) is 7.66. The lowest BCUT2D eigenvalue weighted by atomic mass is 10.1. The zero-order valence-electron chi connectivity index (χ0n) is 11.0. The lowest BCUT2D eigenvalue weighted by Gasteiger charge is -2.24. The summed E-state index contributed by atoms with van der Waals surface area (Å²) in [7, 11) is 0. The zero-order valence-corrected chi connectivity index (χ0v) is 14.1. The molecule has 8 heteroatoms. The molecule has 2 heterocycles. The van der Waals surface area contributed by atoms with Crippen LogP contribution in [0.5, 0.6) is 0 Å². The van der Waals surface area contributed by atoms with Crippen LogP contribution >= 0.6 is 35.0 Å². The summed E-state index contributed by atoms with van der Waals surface area (Å²) >= 11 is 15.4. The fourth-order valence-corrected chi connectivity index (χ4v) is 5.23. The highest BCUT2D eigenvalue weighted by Crippen LogP contribution is 2.48. The Kier molecular flexibility index (Phi) is 3.73. The van der Waals surface area contributed by atoms with Gasteiger partial charge in [0.15, 0.2) is 5.17 Å². The minimum Gasteiger partial charge on any atom is -0.332 e. The van der Waals surface area contributed by atoms with Crippen molar-refractivity contribution in [1.29, 1.82) is 0 Å². The van der Waals surface area contributed by atoms with Crippen LogP contribution in [0.15, 0.2) is 19.8 Å². The highest BCUT2D eigenvalue weighted by atomic mass is 35.5. The third-order valence-corrected chi connectivity index (χ3v) is 6.20. The SMILES string of the molecule is Clc1cc(Cl)c(NC2=NC3CCCC3CS2)c2c1N=S=N2. The van der Waals surface area contributed by atoms with E-state index >= 15 is 0 Å². The van der Waals surface area contributed by atoms with Crippen molar-refractivity contribution in [2.24, 2.45) is 19.6 Å². The molecule has 3 aliphatic rings. The Bertz CT molecular complexity index is 713. The first-order chi connectivity index (χ1) is 10.2. The fourth-order valence-electron chi connectivity index (χ4n) is 2.92. The van der Waals surface area contributed by atoms with Gasteiger partial charge >= 0.3 is 0 Å². The number of nitrogens with one attached hydrogen (secondary N) is 1. The molecule has 2 unspecified atom stereocenters. The van der Waals surface area contributed by atoms with E-state index in [4.69, 9.17) is 28.2 Å². The first-order valence-electron chi connectivity index (χ1n) is 6.80. The molecule has 4 nitrogen and oxygen atoms in total. The third kappa shape index (κ3) is 2.52. The molecule has 0 bridgehead atoms. The van der Waals surface area contributed by atoms with E-state index < -0.39 is 0 Å². The van der Waals surface area contributed by atoms with Crippen molar-refractivity contribution in [1.82, 2.24) is 0 Å². The highest BCUT2D eigenvalue weighted by molar-refractivity contribution is 8.14. The number of rotatable bonds is 1. The first kappa shape index (κ1) is 14.1. The molecule has 1 aromatic carbocycles. The number of nitrogens with zero attached hydrogens (tertiary/aromatic N) is 3. The summed E-state index contributed by atoms with van der Waals surface area (Å²) in [6.07, 6.45) is 3.78. The molecule has 0 amide bonds. The molecule has 1 N–H and O–H groups in total. The number of thioether (sulfide) groups is 1. The van der Waals surface area contributed by atoms with Crippen molar-refractivity contribution in [2.45, 2.75) is 25.3 Å². The predicted molar refractivity (Wildman–Crippen MR) is 92.6 cm³/mol. The lowest BCUT2D eigenvalue weighted by molar-refractivity contribution is 0.535. The number of halogens is 2. The number of aliphatic imine (C=N–C) groups is 1. The Hall–Kier alpha value is -0.560. The number of hydrogen-bond donors (Lipinski definition) is 1. The summed E-state index contributed by atoms with van der Waals surface area (Å²) in [5.74, 6) is 1.86. The summed E-state index contributed by atoms with van der Waals surface area (Å²) in [6, 6.07) is 2.17. The van der Waals surface area contributed by atoms with Gasteiger partial charge in [-0.1, -0.05) is 41.4 Å². The molecule has 0 radical (unpaired) electrons. The third-order valence-electron chi connectivity index (χ3n) is 4.01. The Labute approximate surface area is 140 Å². The van der Waals surface area contributed by atoms with E-state index in [1.807, 2.05) is 0 Å². The molecule has 2 aliphatic heterocycles. The van der Waals surface area contributed by atoms with Gasteiger partial charge in [-0.2, -0.15) is 8.73 Å². The monoisotopic (exact) mass is 358 g/mol. The van der Waals surface area contributed by atoms with Gasteiger partial charge in [0.1, 0.15) is 11.4 Å². The topological polar surface area (TPSA) is 49.1 Å². The van der Waals surface area contributed by atoms with Crippen LogP contribution in [0.4, 0.5) is 17.1 Å². The van der Waals surface area contributed by atoms with E-state index in [0.717, 1.165) is 33.9 Å². The molecular formula is C13H12Cl2N4S2. The number of hydrogen-bond acceptors (Lipinski definition) is 5. The van der Waals surface area contributed by atoms with Crippen LogP contribution in [0.2, 0.25) is 10.0 Å². The van der Waals surface area contributed by atoms with Crippen LogP contribution in [0.25, 0.3) is 0 Å². The standard InChI is InChI=1S/C13H12Cl2N4S2/c14-7-4-8(15)11-12(19-21-18-11)10(7)17-13-16-9-3-1-2-6(9)5-20-13/h4,6,9H,1-3,5H2,(H,16,17). The zero-order chi connectivity index (χ0) is 14.4. The van der Waals surface area contributed by atoms with Gasteiger partial charge in [0.2, 0.25) is 0 Å². The van der Waals surface area contributed by atoms with Crippen molar-refractivity contribution in [3.05, 3.63) is 16.1 Å². The number of anilines is 1. The number of amidine groups is 1. The maximum Gasteiger partial charge on any atom is 0.161 e. The van der Waals surface area contributed by atoms with Crippen LogP contribution in [-0.4, -0.2) is 17.0 Å². The average Bonchev–Trinajstić information content (AvgIpc) is 3.11. The molecule has 4 rings (SSSR count). The van der Waals surface area contributed by atoms with Gasteiger partial charge in [-0.15, -0.1) is 0 Å². The van der Waals surface area contributed by atoms with E-state index in [0.29, 0.717) is 27.5 Å². The van der Waals surface area contributed by atoms with E-state index in [9.17, 15) is 0 Å². The van der Waals surface area contributed by atoms with Crippen molar-refractivity contribution in [3.63, 3.8) is 0 Å². The maximum atomic E-state index is 6.32. The molecule has 1 fully saturated rings. The predicted octanol–water partition coefficient (Wildman–Crippen LogP) is 5.40. The molecule has 0 saturated heterocycles. The van der Waals surface area contributed by atoms with Gasteiger partial charge in [-0.25, -0.2) is 0 Å². The van der Waals surface area contributed by atoms with Crippen LogP contribution in [0.1, 0.15) is 19.3 Å². The van der Waals surface area contributed by atoms with Crippen molar-refractivity contribution < 1.29 is 0 Å². The summed E-state index contributed by atoms with van der Waals surface area (Å²) in [4.78, 5) is 4.83. The van der Waals surface area contributed by atoms with Crippen LogP contribution in [0, 0.1) is 5.92 Å². The smallest absolute Gasteiger partial charge is 0.161 e. The quantitative estimate of drug-likeness (QED) is 0.741. The van der Waals surface area contributed by atoms with E-state index in [2.05, 4.69) is 14.0 Å². The average molecular weight is 359 g/mol. The summed E-state index contributed by atoms with van der Waals surface area (Å²) in [5, 5.41) is 5.36. The highest BCUT2D eigenvalue weighted by Gasteiger charge is 2.31. The molecule has 1 aliphatic carbocycles. The molecule has 110 valence electrons. The van der Waals surface area contributed by atoms with Gasteiger partial charge in [0.05, 0.1) is 33.1 Å². The van der Waals surface area contributed by atoms with Gasteiger partial charge < -0.3 is 5.32 Å². The Morgan fingerprint density at radius 2 is 2.00 bits per heavy atom. The van der Waals surface area contributed by atoms with Crippen LogP contribution < -0.4 is 5.32 Å². The van der Waals surface area contributed by atoms with Crippen LogP contribution in [-0.2, 0) is 11.4 Å². The largest absolute Gasteiger partial charge is 0.332 e. The minimum atomic E-state index is 0.462. The molecule has 0 aromatic heterocycles. The van der Waals surface area contributed by atoms with Gasteiger partial charge in [0, 0.05) is 5.75 Å². The van der Waals surface area contributed by atoms with Crippen LogP contribution in [0.3, 0.4) is 0 Å². The number of benzene rings is 1. The Balaban J connectivity index is 1.67. The Morgan fingerprint density at radius 1 is 1.14 bits per heavy atom. The number of fused-ring (bicyclic) bond motifs is 2. The van der Waals surface area contributed by atoms with Crippen molar-refractivity contribution in [2.75, 3.05) is 11.1 Å². The molecule has 0 spiro atoms. The molecule has 2 atom stereocenters. The van der Waals surface area contributed by atoms with E-state index in [1.165, 1.54) is 19.3 Å². The van der Waals surface area contributed by atoms with Gasteiger partial charge in [-0.3, -0.25) is 4.99 Å². The summed E-state index contributed by atoms with van der Waals surface area (Å²) in [6.45, 7) is 0. The molecular weight excluding hydrogens is 347 g/mol. The van der Waals surface area contributed by atoms with Crippen molar-refractivity contribution >= 4 is 68.5 Å². The molecule has 1 aromatic rings. The second kappa shape index (κ2) is 5.57. The second-order valence-electron chi connectivity index (χ2n) is 5.31. The summed E-state index contributed by atoms with van der Waals surface area (Å²) in [5.41, 5.74) is 2.16. The maximum absolute atomic E-state index is 6.32. The van der Waals surface area contributed by atoms with Gasteiger partial charge in [-0.05, 0) is 24.8 Å². The molecule has 21 heavy (non-hydrogen) atoms. The Morgan fingerprint density at radius 3 is 2.90 bits per heavy atom. The van der Waals surface area contributed by atoms with Crippen molar-refractivity contribution in [3.8, 4) is 0 Å². The van der Waals surface area contributed by atoms with E-state index in [1.54, 1.807) is 17.8 Å². The van der Waals surface area contributed by atoms with E-state index in [-0.39, 0.29) is 0 Å². The lowest BCUT2D eigenvalue weighted by Crippen LogP contribution is -2.25. The minimum absolute atomic E-state index is 0.462. The first-order valence-corrected chi connectivity index (χ1v) is 9.27. The van der Waals surface area contributed by atoms with Gasteiger partial charge in [0.25, 0.3) is 0 Å². The normalized spacial score (nSPS) is 26.1. The molecule has 1 saturated carbocycles. The fraction of sp³-hybridized carbons (Fsp3) is 0.462. The summed E-state index contributed by atoms with van der Waals surface area (Å²) < 4.78 is 8.53.